The van der Waals surface area contributed by atoms with Crippen molar-refractivity contribution in [3.8, 4) is 0 Å². The van der Waals surface area contributed by atoms with E-state index in [9.17, 15) is 0 Å². The van der Waals surface area contributed by atoms with Gasteiger partial charge in [0.2, 0.25) is 0 Å². The molecular weight excluding hydrogens is 184 g/mol. The third kappa shape index (κ3) is 1.92. The SMILES string of the molecule is CC.CN1Cc2cc3c(cc2C1)CNC3. The van der Waals surface area contributed by atoms with E-state index in [1.807, 2.05) is 13.8 Å². The van der Waals surface area contributed by atoms with Crippen molar-refractivity contribution in [3.05, 3.63) is 34.4 Å². The Labute approximate surface area is 92.3 Å². The van der Waals surface area contributed by atoms with Crippen molar-refractivity contribution in [1.82, 2.24) is 10.2 Å². The standard InChI is InChI=1S/C11H14N2.C2H6/c1-13-6-10-2-8-4-12-5-9(8)3-11(10)7-13;1-2/h2-3,12H,4-7H2,1H3;1-2H3. The number of benzene rings is 1. The lowest BCUT2D eigenvalue weighted by atomic mass is 10.0. The van der Waals surface area contributed by atoms with Gasteiger partial charge in [0.15, 0.2) is 0 Å². The number of rotatable bonds is 0. The molecule has 0 atom stereocenters. The highest BCUT2D eigenvalue weighted by Crippen LogP contribution is 2.27. The van der Waals surface area contributed by atoms with Gasteiger partial charge in [-0.1, -0.05) is 26.0 Å². The predicted molar refractivity (Wildman–Crippen MR) is 63.5 cm³/mol. The molecule has 1 aromatic rings. The smallest absolute Gasteiger partial charge is 0.0237 e. The van der Waals surface area contributed by atoms with Crippen LogP contribution in [-0.2, 0) is 26.2 Å². The lowest BCUT2D eigenvalue weighted by Gasteiger charge is -2.02. The van der Waals surface area contributed by atoms with E-state index in [2.05, 4.69) is 29.4 Å². The van der Waals surface area contributed by atoms with Crippen LogP contribution in [0.25, 0.3) is 0 Å². The normalized spacial score (nSPS) is 18.1. The summed E-state index contributed by atoms with van der Waals surface area (Å²) in [4.78, 5) is 2.37. The van der Waals surface area contributed by atoms with Crippen molar-refractivity contribution in [1.29, 1.82) is 0 Å². The Bertz CT molecular complexity index is 325. The van der Waals surface area contributed by atoms with E-state index >= 15 is 0 Å². The van der Waals surface area contributed by atoms with Gasteiger partial charge in [0.1, 0.15) is 0 Å². The largest absolute Gasteiger partial charge is 0.309 e. The lowest BCUT2D eigenvalue weighted by Crippen LogP contribution is -2.07. The van der Waals surface area contributed by atoms with Crippen LogP contribution in [0.3, 0.4) is 0 Å². The van der Waals surface area contributed by atoms with Crippen molar-refractivity contribution >= 4 is 0 Å². The van der Waals surface area contributed by atoms with E-state index in [1.54, 1.807) is 0 Å². The van der Waals surface area contributed by atoms with E-state index < -0.39 is 0 Å². The summed E-state index contributed by atoms with van der Waals surface area (Å²) in [5, 5.41) is 3.39. The Balaban J connectivity index is 0.000000404. The van der Waals surface area contributed by atoms with Gasteiger partial charge in [0.25, 0.3) is 0 Å². The predicted octanol–water partition coefficient (Wildman–Crippen LogP) is 2.26. The Kier molecular flexibility index (Phi) is 3.08. The van der Waals surface area contributed by atoms with Crippen LogP contribution in [0.15, 0.2) is 12.1 Å². The van der Waals surface area contributed by atoms with Crippen molar-refractivity contribution in [2.75, 3.05) is 7.05 Å². The Morgan fingerprint density at radius 3 is 1.87 bits per heavy atom. The molecule has 0 aromatic heterocycles. The molecule has 1 N–H and O–H groups in total. The molecule has 0 saturated heterocycles. The maximum atomic E-state index is 3.39. The molecule has 0 aliphatic carbocycles. The van der Waals surface area contributed by atoms with Gasteiger partial charge < -0.3 is 5.32 Å². The maximum absolute atomic E-state index is 3.39. The van der Waals surface area contributed by atoms with Gasteiger partial charge in [0.05, 0.1) is 0 Å². The third-order valence-electron chi connectivity index (χ3n) is 3.03. The zero-order chi connectivity index (χ0) is 10.8. The van der Waals surface area contributed by atoms with Gasteiger partial charge in [-0.15, -0.1) is 0 Å². The summed E-state index contributed by atoms with van der Waals surface area (Å²) in [5.41, 5.74) is 6.08. The van der Waals surface area contributed by atoms with Crippen LogP contribution in [0.1, 0.15) is 36.1 Å². The molecule has 82 valence electrons. The number of hydrogen-bond acceptors (Lipinski definition) is 2. The molecule has 0 radical (unpaired) electrons. The second kappa shape index (κ2) is 4.33. The van der Waals surface area contributed by atoms with Crippen LogP contribution < -0.4 is 5.32 Å². The van der Waals surface area contributed by atoms with Crippen molar-refractivity contribution < 1.29 is 0 Å². The highest BCUT2D eigenvalue weighted by Gasteiger charge is 2.19. The Hall–Kier alpha value is -0.860. The molecule has 2 nitrogen and oxygen atoms in total. The topological polar surface area (TPSA) is 15.3 Å². The first-order valence-corrected chi connectivity index (χ1v) is 5.86. The van der Waals surface area contributed by atoms with Gasteiger partial charge in [-0.3, -0.25) is 4.90 Å². The van der Waals surface area contributed by atoms with E-state index in [0.717, 1.165) is 26.2 Å². The molecule has 2 aliphatic rings. The molecule has 0 spiro atoms. The first kappa shape index (κ1) is 10.7. The van der Waals surface area contributed by atoms with Crippen molar-refractivity contribution in [2.45, 2.75) is 40.0 Å². The molecule has 2 aliphatic heterocycles. The molecule has 0 saturated carbocycles. The number of nitrogens with one attached hydrogen (secondary N) is 1. The zero-order valence-electron chi connectivity index (χ0n) is 9.93. The van der Waals surface area contributed by atoms with Gasteiger partial charge in [-0.05, 0) is 29.3 Å². The highest BCUT2D eigenvalue weighted by molar-refractivity contribution is 5.42. The van der Waals surface area contributed by atoms with E-state index in [1.165, 1.54) is 22.3 Å². The quantitative estimate of drug-likeness (QED) is 0.697. The second-order valence-corrected chi connectivity index (χ2v) is 4.17. The molecule has 2 heterocycles. The van der Waals surface area contributed by atoms with E-state index in [-0.39, 0.29) is 0 Å². The Morgan fingerprint density at radius 1 is 0.933 bits per heavy atom. The fraction of sp³-hybridized carbons (Fsp3) is 0.538. The number of fused-ring (bicyclic) bond motifs is 2. The molecular formula is C13H20N2. The average Bonchev–Trinajstić information content (AvgIpc) is 2.81. The number of nitrogens with zero attached hydrogens (tertiary/aromatic N) is 1. The van der Waals surface area contributed by atoms with Gasteiger partial charge in [-0.25, -0.2) is 0 Å². The summed E-state index contributed by atoms with van der Waals surface area (Å²) >= 11 is 0. The minimum absolute atomic E-state index is 1.06. The van der Waals surface area contributed by atoms with Gasteiger partial charge >= 0.3 is 0 Å². The molecule has 1 aromatic carbocycles. The average molecular weight is 204 g/mol. The first-order chi connectivity index (χ1) is 7.33. The van der Waals surface area contributed by atoms with Crippen LogP contribution in [0.2, 0.25) is 0 Å². The second-order valence-electron chi connectivity index (χ2n) is 4.17. The summed E-state index contributed by atoms with van der Waals surface area (Å²) in [5.74, 6) is 0. The van der Waals surface area contributed by atoms with Crippen LogP contribution in [-0.4, -0.2) is 11.9 Å². The summed E-state index contributed by atoms with van der Waals surface area (Å²) in [6.07, 6.45) is 0. The van der Waals surface area contributed by atoms with Crippen molar-refractivity contribution in [2.24, 2.45) is 0 Å². The summed E-state index contributed by atoms with van der Waals surface area (Å²) in [7, 11) is 2.18. The van der Waals surface area contributed by atoms with Crippen LogP contribution >= 0.6 is 0 Å². The molecule has 0 bridgehead atoms. The summed E-state index contributed by atoms with van der Waals surface area (Å²) < 4.78 is 0. The fourth-order valence-electron chi connectivity index (χ4n) is 2.38. The molecule has 0 unspecified atom stereocenters. The molecule has 0 fully saturated rings. The number of hydrogen-bond donors (Lipinski definition) is 1. The molecule has 15 heavy (non-hydrogen) atoms. The molecule has 2 heteroatoms. The fourth-order valence-corrected chi connectivity index (χ4v) is 2.38. The summed E-state index contributed by atoms with van der Waals surface area (Å²) in [6, 6.07) is 4.77. The van der Waals surface area contributed by atoms with Gasteiger partial charge in [-0.2, -0.15) is 0 Å². The van der Waals surface area contributed by atoms with Crippen LogP contribution in [0.5, 0.6) is 0 Å². The van der Waals surface area contributed by atoms with E-state index in [0.29, 0.717) is 0 Å². The van der Waals surface area contributed by atoms with Crippen molar-refractivity contribution in [3.63, 3.8) is 0 Å². The van der Waals surface area contributed by atoms with Gasteiger partial charge in [0, 0.05) is 26.2 Å². The lowest BCUT2D eigenvalue weighted by molar-refractivity contribution is 0.353. The van der Waals surface area contributed by atoms with Crippen LogP contribution in [0.4, 0.5) is 0 Å². The maximum Gasteiger partial charge on any atom is 0.0237 e. The highest BCUT2D eigenvalue weighted by atomic mass is 15.1. The monoisotopic (exact) mass is 204 g/mol. The minimum atomic E-state index is 1.06. The zero-order valence-corrected chi connectivity index (χ0v) is 9.93. The molecule has 0 amide bonds. The summed E-state index contributed by atoms with van der Waals surface area (Å²) in [6.45, 7) is 8.38. The third-order valence-corrected chi connectivity index (χ3v) is 3.03. The van der Waals surface area contributed by atoms with Crippen LogP contribution in [0, 0.1) is 0 Å². The van der Waals surface area contributed by atoms with E-state index in [4.69, 9.17) is 0 Å². The minimum Gasteiger partial charge on any atom is -0.309 e. The Morgan fingerprint density at radius 2 is 1.40 bits per heavy atom. The molecule has 3 rings (SSSR count). The first-order valence-electron chi connectivity index (χ1n) is 5.86.